The molecule has 2 aromatic rings. The van der Waals surface area contributed by atoms with Crippen LogP contribution in [0, 0.1) is 5.82 Å². The minimum absolute atomic E-state index is 0.171. The van der Waals surface area contributed by atoms with Crippen molar-refractivity contribution < 1.29 is 4.39 Å². The minimum atomic E-state index is -0.266. The first-order chi connectivity index (χ1) is 12.1. The van der Waals surface area contributed by atoms with Gasteiger partial charge in [-0.2, -0.15) is 0 Å². The number of rotatable bonds is 5. The Kier molecular flexibility index (Phi) is 6.24. The molecular weight excluding hydrogens is 357 g/mol. The molecule has 25 heavy (non-hydrogen) atoms. The van der Waals surface area contributed by atoms with E-state index >= 15 is 0 Å². The normalized spacial score (nSPS) is 15.8. The standard InChI is InChI=1S/C19H21ClFN3S/c20-17-6-2-1-5-16(17)18(24-11-3-4-12-24)13-22-19(25)23-15-9-7-14(21)8-10-15/h1-2,5-10,18H,3-4,11-13H2,(H2,22,23,25)/t18-/m1/s1. The molecule has 1 heterocycles. The number of benzene rings is 2. The van der Waals surface area contributed by atoms with E-state index in [1.54, 1.807) is 12.1 Å². The molecule has 0 radical (unpaired) electrons. The van der Waals surface area contributed by atoms with Gasteiger partial charge >= 0.3 is 0 Å². The molecule has 2 N–H and O–H groups in total. The van der Waals surface area contributed by atoms with E-state index in [-0.39, 0.29) is 11.9 Å². The number of likely N-dealkylation sites (tertiary alicyclic amines) is 1. The number of hydrogen-bond acceptors (Lipinski definition) is 2. The second-order valence-corrected chi connectivity index (χ2v) is 6.94. The highest BCUT2D eigenvalue weighted by Gasteiger charge is 2.25. The van der Waals surface area contributed by atoms with Crippen LogP contribution in [0.25, 0.3) is 0 Å². The Morgan fingerprint density at radius 3 is 2.48 bits per heavy atom. The lowest BCUT2D eigenvalue weighted by atomic mass is 10.1. The van der Waals surface area contributed by atoms with Crippen molar-refractivity contribution in [3.63, 3.8) is 0 Å². The van der Waals surface area contributed by atoms with E-state index in [9.17, 15) is 4.39 Å². The molecule has 1 aliphatic rings. The molecule has 2 aromatic carbocycles. The monoisotopic (exact) mass is 377 g/mol. The summed E-state index contributed by atoms with van der Waals surface area (Å²) in [6, 6.07) is 14.3. The van der Waals surface area contributed by atoms with Gasteiger partial charge in [-0.1, -0.05) is 29.8 Å². The fraction of sp³-hybridized carbons (Fsp3) is 0.316. The summed E-state index contributed by atoms with van der Waals surface area (Å²) in [4.78, 5) is 2.44. The summed E-state index contributed by atoms with van der Waals surface area (Å²) in [5.41, 5.74) is 1.87. The average molecular weight is 378 g/mol. The molecular formula is C19H21ClFN3S. The van der Waals surface area contributed by atoms with Gasteiger partial charge in [0.2, 0.25) is 0 Å². The Morgan fingerprint density at radius 2 is 1.80 bits per heavy atom. The molecule has 1 aliphatic heterocycles. The summed E-state index contributed by atoms with van der Waals surface area (Å²) in [6.45, 7) is 2.79. The molecule has 0 aromatic heterocycles. The molecule has 0 amide bonds. The molecule has 1 saturated heterocycles. The van der Waals surface area contributed by atoms with Crippen LogP contribution in [0.1, 0.15) is 24.4 Å². The Morgan fingerprint density at radius 1 is 1.12 bits per heavy atom. The van der Waals surface area contributed by atoms with Gasteiger partial charge in [-0.3, -0.25) is 4.90 Å². The largest absolute Gasteiger partial charge is 0.361 e. The number of anilines is 1. The predicted molar refractivity (Wildman–Crippen MR) is 106 cm³/mol. The fourth-order valence-electron chi connectivity index (χ4n) is 3.13. The fourth-order valence-corrected chi connectivity index (χ4v) is 3.60. The van der Waals surface area contributed by atoms with E-state index in [4.69, 9.17) is 23.8 Å². The van der Waals surface area contributed by atoms with E-state index in [1.807, 2.05) is 18.2 Å². The predicted octanol–water partition coefficient (Wildman–Crippen LogP) is 4.60. The van der Waals surface area contributed by atoms with Gasteiger partial charge in [0.05, 0.1) is 6.04 Å². The Balaban J connectivity index is 1.65. The van der Waals surface area contributed by atoms with Gasteiger partial charge in [0, 0.05) is 17.3 Å². The van der Waals surface area contributed by atoms with Crippen molar-refractivity contribution >= 4 is 34.6 Å². The van der Waals surface area contributed by atoms with Crippen LogP contribution in [0.3, 0.4) is 0 Å². The van der Waals surface area contributed by atoms with Crippen LogP contribution in [-0.2, 0) is 0 Å². The van der Waals surface area contributed by atoms with Crippen LogP contribution in [0.5, 0.6) is 0 Å². The van der Waals surface area contributed by atoms with Gasteiger partial charge < -0.3 is 10.6 Å². The highest BCUT2D eigenvalue weighted by Crippen LogP contribution is 2.29. The van der Waals surface area contributed by atoms with Gasteiger partial charge in [0.1, 0.15) is 5.82 Å². The lowest BCUT2D eigenvalue weighted by molar-refractivity contribution is 0.246. The van der Waals surface area contributed by atoms with Gasteiger partial charge in [0.15, 0.2) is 5.11 Å². The first-order valence-corrected chi connectivity index (χ1v) is 9.21. The third-order valence-corrected chi connectivity index (χ3v) is 4.99. The Hall–Kier alpha value is -1.69. The van der Waals surface area contributed by atoms with Crippen molar-refractivity contribution in [3.05, 3.63) is 64.9 Å². The number of hydrogen-bond donors (Lipinski definition) is 2. The summed E-state index contributed by atoms with van der Waals surface area (Å²) in [5, 5.41) is 7.65. The smallest absolute Gasteiger partial charge is 0.170 e. The lowest BCUT2D eigenvalue weighted by Gasteiger charge is -2.29. The Bertz CT molecular complexity index is 717. The summed E-state index contributed by atoms with van der Waals surface area (Å²) in [5.74, 6) is -0.266. The third kappa shape index (κ3) is 4.91. The second-order valence-electron chi connectivity index (χ2n) is 6.12. The van der Waals surface area contributed by atoms with Crippen LogP contribution in [0.15, 0.2) is 48.5 Å². The van der Waals surface area contributed by atoms with E-state index in [0.717, 1.165) is 29.4 Å². The van der Waals surface area contributed by atoms with Crippen molar-refractivity contribution in [2.75, 3.05) is 25.0 Å². The lowest BCUT2D eigenvalue weighted by Crippen LogP contribution is -2.38. The molecule has 3 rings (SSSR count). The van der Waals surface area contributed by atoms with Gasteiger partial charge in [0.25, 0.3) is 0 Å². The minimum Gasteiger partial charge on any atom is -0.361 e. The molecule has 6 heteroatoms. The van der Waals surface area contributed by atoms with Crippen LogP contribution in [0.2, 0.25) is 5.02 Å². The van der Waals surface area contributed by atoms with Crippen molar-refractivity contribution in [2.24, 2.45) is 0 Å². The highest BCUT2D eigenvalue weighted by atomic mass is 35.5. The van der Waals surface area contributed by atoms with Crippen molar-refractivity contribution in [1.29, 1.82) is 0 Å². The van der Waals surface area contributed by atoms with Crippen LogP contribution in [0.4, 0.5) is 10.1 Å². The van der Waals surface area contributed by atoms with Crippen molar-refractivity contribution in [2.45, 2.75) is 18.9 Å². The maximum absolute atomic E-state index is 13.0. The van der Waals surface area contributed by atoms with E-state index in [0.29, 0.717) is 11.7 Å². The van der Waals surface area contributed by atoms with Crippen molar-refractivity contribution in [3.8, 4) is 0 Å². The average Bonchev–Trinajstić information content (AvgIpc) is 3.13. The molecule has 0 bridgehead atoms. The SMILES string of the molecule is Fc1ccc(NC(=S)NC[C@H](c2ccccc2Cl)N2CCCC2)cc1. The first kappa shape index (κ1) is 18.1. The highest BCUT2D eigenvalue weighted by molar-refractivity contribution is 7.80. The quantitative estimate of drug-likeness (QED) is 0.744. The van der Waals surface area contributed by atoms with Gasteiger partial charge in [-0.15, -0.1) is 0 Å². The molecule has 1 atom stereocenters. The van der Waals surface area contributed by atoms with Crippen molar-refractivity contribution in [1.82, 2.24) is 10.2 Å². The molecule has 0 aliphatic carbocycles. The summed E-state index contributed by atoms with van der Waals surface area (Å²) in [7, 11) is 0. The van der Waals surface area contributed by atoms with Gasteiger partial charge in [-0.25, -0.2) is 4.39 Å². The zero-order valence-electron chi connectivity index (χ0n) is 13.8. The van der Waals surface area contributed by atoms with Crippen LogP contribution < -0.4 is 10.6 Å². The maximum Gasteiger partial charge on any atom is 0.170 e. The molecule has 1 fully saturated rings. The molecule has 0 spiro atoms. The van der Waals surface area contributed by atoms with Crippen LogP contribution in [-0.4, -0.2) is 29.6 Å². The third-order valence-electron chi connectivity index (χ3n) is 4.40. The summed E-state index contributed by atoms with van der Waals surface area (Å²) in [6.07, 6.45) is 2.42. The first-order valence-electron chi connectivity index (χ1n) is 8.42. The molecule has 0 unspecified atom stereocenters. The summed E-state index contributed by atoms with van der Waals surface area (Å²) >= 11 is 11.8. The number of thiocarbonyl (C=S) groups is 1. The topological polar surface area (TPSA) is 27.3 Å². The number of nitrogens with one attached hydrogen (secondary N) is 2. The molecule has 3 nitrogen and oxygen atoms in total. The molecule has 132 valence electrons. The van der Waals surface area contributed by atoms with Crippen LogP contribution >= 0.6 is 23.8 Å². The zero-order valence-corrected chi connectivity index (χ0v) is 15.4. The van der Waals surface area contributed by atoms with E-state index in [1.165, 1.54) is 25.0 Å². The van der Waals surface area contributed by atoms with E-state index < -0.39 is 0 Å². The number of nitrogens with zero attached hydrogens (tertiary/aromatic N) is 1. The van der Waals surface area contributed by atoms with Gasteiger partial charge in [-0.05, 0) is 74.0 Å². The molecule has 0 saturated carbocycles. The van der Waals surface area contributed by atoms with E-state index in [2.05, 4.69) is 21.6 Å². The summed E-state index contributed by atoms with van der Waals surface area (Å²) < 4.78 is 13.0. The second kappa shape index (κ2) is 8.61. The maximum atomic E-state index is 13.0. The Labute approximate surface area is 158 Å². The zero-order chi connectivity index (χ0) is 17.6. The number of halogens is 2.